The number of primary amides is 1. The topological polar surface area (TPSA) is 67.6 Å². The first-order chi connectivity index (χ1) is 10.2. The van der Waals surface area contributed by atoms with Gasteiger partial charge in [-0.15, -0.1) is 0 Å². The molecule has 1 amide bonds. The molecule has 1 fully saturated rings. The van der Waals surface area contributed by atoms with Crippen LogP contribution >= 0.6 is 0 Å². The van der Waals surface area contributed by atoms with Crippen molar-refractivity contribution >= 4 is 5.91 Å². The summed E-state index contributed by atoms with van der Waals surface area (Å²) in [5.41, 5.74) is 7.79. The lowest BCUT2D eigenvalue weighted by Gasteiger charge is -2.46. The maximum atomic E-state index is 12.3. The Morgan fingerprint density at radius 3 is 2.76 bits per heavy atom. The van der Waals surface area contributed by atoms with Crippen LogP contribution in [-0.2, 0) is 17.6 Å². The van der Waals surface area contributed by atoms with Gasteiger partial charge in [0.15, 0.2) is 0 Å². The van der Waals surface area contributed by atoms with E-state index in [9.17, 15) is 4.79 Å². The zero-order chi connectivity index (χ0) is 14.9. The monoisotopic (exact) mass is 289 g/mol. The van der Waals surface area contributed by atoms with Crippen molar-refractivity contribution in [2.24, 2.45) is 5.73 Å². The molecule has 0 saturated carbocycles. The van der Waals surface area contributed by atoms with Crippen LogP contribution in [0.1, 0.15) is 17.5 Å². The first-order valence-corrected chi connectivity index (χ1v) is 7.57. The molecule has 0 spiro atoms. The highest BCUT2D eigenvalue weighted by molar-refractivity contribution is 5.85. The van der Waals surface area contributed by atoms with Gasteiger partial charge >= 0.3 is 0 Å². The van der Waals surface area contributed by atoms with Gasteiger partial charge in [0, 0.05) is 32.6 Å². The van der Waals surface area contributed by atoms with E-state index in [2.05, 4.69) is 16.3 Å². The highest BCUT2D eigenvalue weighted by Gasteiger charge is 2.45. The highest BCUT2D eigenvalue weighted by atomic mass is 16.5. The first-order valence-electron chi connectivity index (χ1n) is 7.57. The summed E-state index contributed by atoms with van der Waals surface area (Å²) in [5, 5.41) is 3.33. The van der Waals surface area contributed by atoms with Crippen LogP contribution in [0.25, 0.3) is 0 Å². The van der Waals surface area contributed by atoms with Gasteiger partial charge in [-0.25, -0.2) is 0 Å². The average Bonchev–Trinajstić information content (AvgIpc) is 2.54. The summed E-state index contributed by atoms with van der Waals surface area (Å²) in [4.78, 5) is 14.5. The van der Waals surface area contributed by atoms with E-state index in [4.69, 9.17) is 10.5 Å². The number of benzene rings is 1. The van der Waals surface area contributed by atoms with E-state index in [1.807, 2.05) is 12.1 Å². The number of fused-ring (bicyclic) bond motifs is 1. The molecule has 21 heavy (non-hydrogen) atoms. The van der Waals surface area contributed by atoms with Gasteiger partial charge in [-0.1, -0.05) is 6.07 Å². The second kappa shape index (κ2) is 5.66. The summed E-state index contributed by atoms with van der Waals surface area (Å²) in [5.74, 6) is 0.646. The minimum Gasteiger partial charge on any atom is -0.497 e. The zero-order valence-electron chi connectivity index (χ0n) is 12.5. The van der Waals surface area contributed by atoms with Crippen molar-refractivity contribution < 1.29 is 9.53 Å². The predicted octanol–water partition coefficient (Wildman–Crippen LogP) is 0.313. The normalized spacial score (nSPS) is 26.1. The molecule has 1 aliphatic heterocycles. The number of hydrogen-bond acceptors (Lipinski definition) is 4. The van der Waals surface area contributed by atoms with Gasteiger partial charge in [-0.2, -0.15) is 0 Å². The minimum absolute atomic E-state index is 0.196. The molecular formula is C16H23N3O2. The molecule has 0 radical (unpaired) electrons. The van der Waals surface area contributed by atoms with Crippen LogP contribution in [0, 0.1) is 0 Å². The number of rotatable bonds is 3. The van der Waals surface area contributed by atoms with E-state index in [1.165, 1.54) is 11.1 Å². The summed E-state index contributed by atoms with van der Waals surface area (Å²) in [6, 6.07) is 6.14. The lowest BCUT2D eigenvalue weighted by atomic mass is 9.76. The van der Waals surface area contributed by atoms with Crippen molar-refractivity contribution in [2.45, 2.75) is 24.8 Å². The predicted molar refractivity (Wildman–Crippen MR) is 81.4 cm³/mol. The van der Waals surface area contributed by atoms with Crippen molar-refractivity contribution in [3.8, 4) is 5.75 Å². The first kappa shape index (κ1) is 14.4. The number of aryl methyl sites for hydroxylation is 1. The molecule has 1 aromatic rings. The molecule has 0 aromatic heterocycles. The Bertz CT molecular complexity index is 540. The quantitative estimate of drug-likeness (QED) is 0.840. The van der Waals surface area contributed by atoms with Gasteiger partial charge in [0.2, 0.25) is 5.91 Å². The minimum atomic E-state index is -0.540. The average molecular weight is 289 g/mol. The van der Waals surface area contributed by atoms with Gasteiger partial charge in [0.25, 0.3) is 0 Å². The van der Waals surface area contributed by atoms with Gasteiger partial charge in [0.05, 0.1) is 7.11 Å². The molecule has 1 unspecified atom stereocenters. The van der Waals surface area contributed by atoms with Crippen LogP contribution in [0.2, 0.25) is 0 Å². The number of ether oxygens (including phenoxy) is 1. The van der Waals surface area contributed by atoms with Crippen LogP contribution in [0.4, 0.5) is 0 Å². The Morgan fingerprint density at radius 1 is 1.33 bits per heavy atom. The second-order valence-corrected chi connectivity index (χ2v) is 5.94. The Kier molecular flexibility index (Phi) is 3.87. The van der Waals surface area contributed by atoms with Gasteiger partial charge < -0.3 is 15.8 Å². The molecule has 1 aromatic carbocycles. The number of methoxy groups -OCH3 is 1. The molecule has 114 valence electrons. The van der Waals surface area contributed by atoms with E-state index in [0.29, 0.717) is 6.42 Å². The fraction of sp³-hybridized carbons (Fsp3) is 0.562. The number of nitrogens with one attached hydrogen (secondary N) is 1. The lowest BCUT2D eigenvalue weighted by molar-refractivity contribution is -0.131. The van der Waals surface area contributed by atoms with Gasteiger partial charge in [0.1, 0.15) is 11.3 Å². The molecule has 3 N–H and O–H groups in total. The fourth-order valence-corrected chi connectivity index (χ4v) is 3.61. The number of carbonyl (C=O) groups is 1. The van der Waals surface area contributed by atoms with E-state index in [0.717, 1.165) is 44.8 Å². The standard InChI is InChI=1S/C16H23N3O2/c1-21-14-3-2-12-4-5-16(15(17)20,11-13(12)10-14)19-8-6-18-7-9-19/h2-3,10,18H,4-9,11H2,1H3,(H2,17,20). The summed E-state index contributed by atoms with van der Waals surface area (Å²) < 4.78 is 5.31. The Hall–Kier alpha value is -1.59. The molecule has 1 saturated heterocycles. The smallest absolute Gasteiger partial charge is 0.238 e. The number of nitrogens with two attached hydrogens (primary N) is 1. The molecular weight excluding hydrogens is 266 g/mol. The Morgan fingerprint density at radius 2 is 2.10 bits per heavy atom. The molecule has 1 atom stereocenters. The fourth-order valence-electron chi connectivity index (χ4n) is 3.61. The van der Waals surface area contributed by atoms with Gasteiger partial charge in [-0.05, 0) is 36.1 Å². The van der Waals surface area contributed by atoms with Gasteiger partial charge in [-0.3, -0.25) is 9.69 Å². The third-order valence-corrected chi connectivity index (χ3v) is 4.89. The van der Waals surface area contributed by atoms with E-state index >= 15 is 0 Å². The second-order valence-electron chi connectivity index (χ2n) is 5.94. The number of nitrogens with zero attached hydrogens (tertiary/aromatic N) is 1. The van der Waals surface area contributed by atoms with Crippen LogP contribution < -0.4 is 15.8 Å². The molecule has 5 nitrogen and oxygen atoms in total. The van der Waals surface area contributed by atoms with Crippen LogP contribution in [0.15, 0.2) is 18.2 Å². The maximum Gasteiger partial charge on any atom is 0.238 e. The summed E-state index contributed by atoms with van der Waals surface area (Å²) in [6.45, 7) is 3.59. The number of hydrogen-bond donors (Lipinski definition) is 2. The highest BCUT2D eigenvalue weighted by Crippen LogP contribution is 2.35. The van der Waals surface area contributed by atoms with E-state index in [-0.39, 0.29) is 5.91 Å². The van der Waals surface area contributed by atoms with Crippen molar-refractivity contribution in [3.05, 3.63) is 29.3 Å². The van der Waals surface area contributed by atoms with E-state index in [1.54, 1.807) is 7.11 Å². The number of carbonyl (C=O) groups excluding carboxylic acids is 1. The third kappa shape index (κ3) is 2.51. The van der Waals surface area contributed by atoms with Crippen molar-refractivity contribution in [1.29, 1.82) is 0 Å². The molecule has 3 rings (SSSR count). The van der Waals surface area contributed by atoms with E-state index < -0.39 is 5.54 Å². The zero-order valence-corrected chi connectivity index (χ0v) is 12.5. The molecule has 0 bridgehead atoms. The maximum absolute atomic E-state index is 12.3. The molecule has 5 heteroatoms. The van der Waals surface area contributed by atoms with Crippen molar-refractivity contribution in [2.75, 3.05) is 33.3 Å². The SMILES string of the molecule is COc1ccc2c(c1)CC(C(N)=O)(N1CCNCC1)CC2. The summed E-state index contributed by atoms with van der Waals surface area (Å²) in [6.07, 6.45) is 2.39. The Labute approximate surface area is 125 Å². The third-order valence-electron chi connectivity index (χ3n) is 4.89. The van der Waals surface area contributed by atoms with Crippen LogP contribution in [0.5, 0.6) is 5.75 Å². The summed E-state index contributed by atoms with van der Waals surface area (Å²) >= 11 is 0. The lowest BCUT2D eigenvalue weighted by Crippen LogP contribution is -2.64. The van der Waals surface area contributed by atoms with Crippen LogP contribution in [0.3, 0.4) is 0 Å². The van der Waals surface area contributed by atoms with Crippen molar-refractivity contribution in [1.82, 2.24) is 10.2 Å². The number of amides is 1. The van der Waals surface area contributed by atoms with Crippen molar-refractivity contribution in [3.63, 3.8) is 0 Å². The largest absolute Gasteiger partial charge is 0.497 e. The molecule has 1 heterocycles. The summed E-state index contributed by atoms with van der Waals surface area (Å²) in [7, 11) is 1.67. The number of piperazine rings is 1. The Balaban J connectivity index is 1.93. The van der Waals surface area contributed by atoms with Crippen LogP contribution in [-0.4, -0.2) is 49.6 Å². The molecule has 2 aliphatic rings. The molecule has 1 aliphatic carbocycles.